The molecule has 0 saturated heterocycles. The van der Waals surface area contributed by atoms with Crippen molar-refractivity contribution in [1.82, 2.24) is 0 Å². The van der Waals surface area contributed by atoms with Crippen LogP contribution in [0.4, 0.5) is 5.69 Å². The van der Waals surface area contributed by atoms with E-state index in [-0.39, 0.29) is 0 Å². The van der Waals surface area contributed by atoms with Crippen LogP contribution >= 0.6 is 7.14 Å². The van der Waals surface area contributed by atoms with Gasteiger partial charge in [-0.2, -0.15) is 0 Å². The summed E-state index contributed by atoms with van der Waals surface area (Å²) in [7, 11) is -3.93. The lowest BCUT2D eigenvalue weighted by atomic mass is 10.3. The number of hydrogen-bond donors (Lipinski definition) is 1. The minimum absolute atomic E-state index is 0.611. The van der Waals surface area contributed by atoms with Crippen LogP contribution in [0.25, 0.3) is 0 Å². The molecular weight excluding hydrogens is 237 g/mol. The molecule has 1 aromatic rings. The molecule has 3 nitrogen and oxygen atoms in total. The summed E-state index contributed by atoms with van der Waals surface area (Å²) in [5.74, 6) is 0.667. The Morgan fingerprint density at radius 1 is 1.25 bits per heavy atom. The van der Waals surface area contributed by atoms with E-state index in [0.29, 0.717) is 11.4 Å². The quantitative estimate of drug-likeness (QED) is 0.514. The van der Waals surface area contributed by atoms with E-state index in [1.54, 1.807) is 19.4 Å². The van der Waals surface area contributed by atoms with Gasteiger partial charge in [0.1, 0.15) is 12.9 Å². The fourth-order valence-electron chi connectivity index (χ4n) is 1.28. The van der Waals surface area contributed by atoms with Gasteiger partial charge in [0, 0.05) is 5.30 Å². The molecule has 0 amide bonds. The molecule has 0 radical (unpaired) electrons. The van der Waals surface area contributed by atoms with E-state index in [1.165, 1.54) is 0 Å². The maximum absolute atomic E-state index is 12.0. The molecular formula is C11H20NO2PSi. The molecule has 0 saturated carbocycles. The second kappa shape index (κ2) is 4.26. The van der Waals surface area contributed by atoms with Crippen molar-refractivity contribution in [1.29, 1.82) is 0 Å². The zero-order chi connectivity index (χ0) is 12.6. The van der Waals surface area contributed by atoms with Gasteiger partial charge >= 0.3 is 0 Å². The summed E-state index contributed by atoms with van der Waals surface area (Å²) in [4.78, 5) is 0. The Labute approximate surface area is 98.5 Å². The Balaban J connectivity index is 3.15. The molecule has 0 fully saturated rings. The maximum Gasteiger partial charge on any atom is 0.242 e. The van der Waals surface area contributed by atoms with Crippen molar-refractivity contribution < 1.29 is 8.99 Å². The molecule has 5 heteroatoms. The van der Waals surface area contributed by atoms with Crippen molar-refractivity contribution >= 4 is 26.5 Å². The molecule has 2 N–H and O–H groups in total. The van der Waals surface area contributed by atoms with Crippen LogP contribution in [0, 0.1) is 0 Å². The SMILES string of the molecule is C[Si](C)(C)Oc1cc(P(C)(C)=O)ccc1N. The third kappa shape index (κ3) is 3.69. The smallest absolute Gasteiger partial charge is 0.242 e. The third-order valence-corrected chi connectivity index (χ3v) is 4.39. The molecule has 1 rings (SSSR count). The second-order valence-electron chi connectivity index (χ2n) is 5.29. The highest BCUT2D eigenvalue weighted by atomic mass is 31.2. The van der Waals surface area contributed by atoms with Gasteiger partial charge in [-0.3, -0.25) is 0 Å². The zero-order valence-corrected chi connectivity index (χ0v) is 12.5. The van der Waals surface area contributed by atoms with E-state index < -0.39 is 15.5 Å². The van der Waals surface area contributed by atoms with Crippen LogP contribution in [0.3, 0.4) is 0 Å². The van der Waals surface area contributed by atoms with Crippen LogP contribution in [0.2, 0.25) is 19.6 Å². The molecule has 90 valence electrons. The van der Waals surface area contributed by atoms with Gasteiger partial charge in [0.05, 0.1) is 5.69 Å². The van der Waals surface area contributed by atoms with E-state index in [2.05, 4.69) is 19.6 Å². The van der Waals surface area contributed by atoms with Crippen molar-refractivity contribution in [2.45, 2.75) is 19.6 Å². The minimum atomic E-state index is -2.25. The molecule has 0 bridgehead atoms. The summed E-state index contributed by atoms with van der Waals surface area (Å²) in [5.41, 5.74) is 6.46. The predicted octanol–water partition coefficient (Wildman–Crippen LogP) is 2.73. The normalized spacial score (nSPS) is 12.6. The average Bonchev–Trinajstić information content (AvgIpc) is 2.04. The largest absolute Gasteiger partial charge is 0.543 e. The van der Waals surface area contributed by atoms with Gasteiger partial charge < -0.3 is 14.7 Å². The Morgan fingerprint density at radius 2 is 1.81 bits per heavy atom. The first-order valence-corrected chi connectivity index (χ1v) is 11.2. The number of hydrogen-bond acceptors (Lipinski definition) is 3. The Kier molecular flexibility index (Phi) is 3.55. The topological polar surface area (TPSA) is 52.3 Å². The number of anilines is 1. The van der Waals surface area contributed by atoms with E-state index in [4.69, 9.17) is 10.2 Å². The van der Waals surface area contributed by atoms with Crippen molar-refractivity contribution in [2.75, 3.05) is 19.1 Å². The van der Waals surface area contributed by atoms with Crippen LogP contribution in [-0.2, 0) is 4.57 Å². The van der Waals surface area contributed by atoms with Gasteiger partial charge in [-0.25, -0.2) is 0 Å². The number of nitrogens with two attached hydrogens (primary N) is 1. The van der Waals surface area contributed by atoms with E-state index in [1.807, 2.05) is 12.1 Å². The third-order valence-electron chi connectivity index (χ3n) is 2.04. The summed E-state index contributed by atoms with van der Waals surface area (Å²) in [6.45, 7) is 9.78. The minimum Gasteiger partial charge on any atom is -0.543 e. The van der Waals surface area contributed by atoms with Gasteiger partial charge in [-0.15, -0.1) is 0 Å². The summed E-state index contributed by atoms with van der Waals surface area (Å²) in [5, 5.41) is 0.815. The van der Waals surface area contributed by atoms with Crippen molar-refractivity contribution in [3.8, 4) is 5.75 Å². The van der Waals surface area contributed by atoms with Crippen molar-refractivity contribution in [3.05, 3.63) is 18.2 Å². The first-order valence-electron chi connectivity index (χ1n) is 5.24. The number of rotatable bonds is 3. The molecule has 1 aromatic carbocycles. The molecule has 0 aliphatic rings. The van der Waals surface area contributed by atoms with E-state index in [0.717, 1.165) is 5.30 Å². The molecule has 0 atom stereocenters. The van der Waals surface area contributed by atoms with Gasteiger partial charge in [0.25, 0.3) is 0 Å². The highest BCUT2D eigenvalue weighted by molar-refractivity contribution is 7.70. The van der Waals surface area contributed by atoms with Crippen molar-refractivity contribution in [2.24, 2.45) is 0 Å². The fourth-order valence-corrected chi connectivity index (χ4v) is 2.97. The first kappa shape index (κ1) is 13.3. The van der Waals surface area contributed by atoms with E-state index >= 15 is 0 Å². The van der Waals surface area contributed by atoms with Gasteiger partial charge in [-0.1, -0.05) is 0 Å². The summed E-state index contributed by atoms with van der Waals surface area (Å²) in [6, 6.07) is 5.39. The lowest BCUT2D eigenvalue weighted by Gasteiger charge is -2.21. The van der Waals surface area contributed by atoms with Gasteiger partial charge in [0.15, 0.2) is 0 Å². The fraction of sp³-hybridized carbons (Fsp3) is 0.455. The zero-order valence-electron chi connectivity index (χ0n) is 10.6. The molecule has 0 heterocycles. The molecule has 16 heavy (non-hydrogen) atoms. The van der Waals surface area contributed by atoms with Crippen LogP contribution in [0.15, 0.2) is 18.2 Å². The average molecular weight is 257 g/mol. The first-order chi connectivity index (χ1) is 7.09. The van der Waals surface area contributed by atoms with E-state index in [9.17, 15) is 4.57 Å². The summed E-state index contributed by atoms with van der Waals surface area (Å²) < 4.78 is 17.8. The molecule has 0 aliphatic carbocycles. The predicted molar refractivity (Wildman–Crippen MR) is 73.9 cm³/mol. The number of nitrogen functional groups attached to an aromatic ring is 1. The van der Waals surface area contributed by atoms with Gasteiger partial charge in [-0.05, 0) is 51.2 Å². The summed E-state index contributed by atoms with van der Waals surface area (Å²) in [6.07, 6.45) is 0. The molecule has 0 spiro atoms. The Hall–Kier alpha value is -0.733. The Morgan fingerprint density at radius 3 is 2.25 bits per heavy atom. The number of benzene rings is 1. The molecule has 0 unspecified atom stereocenters. The highest BCUT2D eigenvalue weighted by Gasteiger charge is 2.19. The van der Waals surface area contributed by atoms with Crippen LogP contribution in [-0.4, -0.2) is 21.6 Å². The monoisotopic (exact) mass is 257 g/mol. The molecule has 0 aliphatic heterocycles. The van der Waals surface area contributed by atoms with Gasteiger partial charge in [0.2, 0.25) is 8.32 Å². The second-order valence-corrected chi connectivity index (χ2v) is 12.9. The lowest BCUT2D eigenvalue weighted by molar-refractivity contribution is 0.560. The molecule has 0 aromatic heterocycles. The van der Waals surface area contributed by atoms with Crippen LogP contribution in [0.1, 0.15) is 0 Å². The maximum atomic E-state index is 12.0. The van der Waals surface area contributed by atoms with Crippen LogP contribution in [0.5, 0.6) is 5.75 Å². The van der Waals surface area contributed by atoms with Crippen molar-refractivity contribution in [3.63, 3.8) is 0 Å². The standard InChI is InChI=1S/C11H20NO2PSi/c1-15(2,13)9-6-7-10(12)11(8-9)14-16(3,4)5/h6-8H,12H2,1-5H3. The summed E-state index contributed by atoms with van der Waals surface area (Å²) >= 11 is 0. The highest BCUT2D eigenvalue weighted by Crippen LogP contribution is 2.37. The lowest BCUT2D eigenvalue weighted by Crippen LogP contribution is -2.30. The Bertz CT molecular complexity index is 434. The van der Waals surface area contributed by atoms with Crippen LogP contribution < -0.4 is 15.5 Å².